The first-order valence-corrected chi connectivity index (χ1v) is 7.50. The molecule has 128 valence electrons. The van der Waals surface area contributed by atoms with E-state index in [0.717, 1.165) is 0 Å². The highest BCUT2D eigenvalue weighted by atomic mass is 16.6. The summed E-state index contributed by atoms with van der Waals surface area (Å²) in [4.78, 5) is 10.3. The fraction of sp³-hybridized carbons (Fsp3) is 0.600. The highest BCUT2D eigenvalue weighted by Gasteiger charge is 2.27. The van der Waals surface area contributed by atoms with E-state index in [0.29, 0.717) is 11.5 Å². The van der Waals surface area contributed by atoms with Crippen molar-refractivity contribution in [3.8, 4) is 11.5 Å². The summed E-state index contributed by atoms with van der Waals surface area (Å²) in [5.41, 5.74) is 5.42. The Balaban J connectivity index is 1.99. The van der Waals surface area contributed by atoms with Crippen molar-refractivity contribution < 1.29 is 24.2 Å². The Labute approximate surface area is 134 Å². The van der Waals surface area contributed by atoms with Gasteiger partial charge in [-0.15, -0.1) is 0 Å². The number of ether oxygens (including phenoxy) is 3. The average Bonchev–Trinajstić information content (AvgIpc) is 2.53. The zero-order valence-corrected chi connectivity index (χ0v) is 13.2. The molecule has 1 aromatic rings. The Kier molecular flexibility index (Phi) is 5.75. The predicted octanol–water partition coefficient (Wildman–Crippen LogP) is 1.10. The van der Waals surface area contributed by atoms with Gasteiger partial charge in [0.15, 0.2) is 17.6 Å². The van der Waals surface area contributed by atoms with Crippen LogP contribution in [0.3, 0.4) is 0 Å². The monoisotopic (exact) mass is 326 g/mol. The predicted molar refractivity (Wildman–Crippen MR) is 82.6 cm³/mol. The maximum Gasteiger partial charge on any atom is 0.273 e. The molecule has 8 heteroatoms. The second kappa shape index (κ2) is 7.58. The van der Waals surface area contributed by atoms with Gasteiger partial charge in [0.1, 0.15) is 6.61 Å². The van der Waals surface area contributed by atoms with E-state index < -0.39 is 23.2 Å². The van der Waals surface area contributed by atoms with Gasteiger partial charge in [-0.2, -0.15) is 0 Å². The first kappa shape index (κ1) is 17.5. The number of hydrogen-bond acceptors (Lipinski definition) is 7. The van der Waals surface area contributed by atoms with Crippen molar-refractivity contribution in [2.24, 2.45) is 11.7 Å². The maximum atomic E-state index is 10.8. The molecule has 0 bridgehead atoms. The number of benzene rings is 1. The third-order valence-corrected chi connectivity index (χ3v) is 3.61. The Hall–Kier alpha value is -1.90. The molecule has 0 radical (unpaired) electrons. The number of aliphatic hydroxyl groups is 1. The number of nitrogens with two attached hydrogens (primary N) is 1. The average molecular weight is 326 g/mol. The van der Waals surface area contributed by atoms with Crippen molar-refractivity contribution in [1.82, 2.24) is 0 Å². The largest absolute Gasteiger partial charge is 0.486 e. The fourth-order valence-corrected chi connectivity index (χ4v) is 2.40. The molecule has 1 aliphatic heterocycles. The second-order valence-electron chi connectivity index (χ2n) is 5.78. The van der Waals surface area contributed by atoms with Crippen LogP contribution in [0.25, 0.3) is 0 Å². The number of fused-ring (bicyclic) bond motifs is 1. The molecule has 3 atom stereocenters. The molecular formula is C15H22N2O6. The van der Waals surface area contributed by atoms with Crippen LogP contribution in [0.15, 0.2) is 18.2 Å². The molecule has 1 aromatic carbocycles. The minimum absolute atomic E-state index is 0.0625. The summed E-state index contributed by atoms with van der Waals surface area (Å²) in [7, 11) is 0. The Morgan fingerprint density at radius 3 is 2.83 bits per heavy atom. The zero-order chi connectivity index (χ0) is 17.0. The molecule has 23 heavy (non-hydrogen) atoms. The molecule has 3 N–H and O–H groups in total. The molecule has 0 amide bonds. The molecule has 0 saturated heterocycles. The summed E-state index contributed by atoms with van der Waals surface area (Å²) in [6.45, 7) is 4.44. The highest BCUT2D eigenvalue weighted by molar-refractivity contribution is 5.49. The minimum Gasteiger partial charge on any atom is -0.486 e. The van der Waals surface area contributed by atoms with Gasteiger partial charge in [0, 0.05) is 12.6 Å². The Morgan fingerprint density at radius 1 is 1.48 bits per heavy atom. The van der Waals surface area contributed by atoms with E-state index in [2.05, 4.69) is 0 Å². The van der Waals surface area contributed by atoms with Crippen LogP contribution in [0, 0.1) is 16.0 Å². The van der Waals surface area contributed by atoms with E-state index >= 15 is 0 Å². The van der Waals surface area contributed by atoms with Gasteiger partial charge >= 0.3 is 0 Å². The lowest BCUT2D eigenvalue weighted by atomic mass is 10.0. The van der Waals surface area contributed by atoms with Crippen molar-refractivity contribution >= 4 is 5.69 Å². The Bertz CT molecular complexity index is 551. The van der Waals surface area contributed by atoms with Gasteiger partial charge < -0.3 is 25.1 Å². The number of aliphatic hydroxyl groups excluding tert-OH is 1. The van der Waals surface area contributed by atoms with E-state index in [4.69, 9.17) is 19.9 Å². The van der Waals surface area contributed by atoms with Crippen molar-refractivity contribution in [2.75, 3.05) is 19.8 Å². The summed E-state index contributed by atoms with van der Waals surface area (Å²) >= 11 is 0. The van der Waals surface area contributed by atoms with Gasteiger partial charge in [-0.05, 0) is 12.0 Å². The summed E-state index contributed by atoms with van der Waals surface area (Å²) in [6.07, 6.45) is -1.57. The molecule has 1 aliphatic rings. The third-order valence-electron chi connectivity index (χ3n) is 3.61. The van der Waals surface area contributed by atoms with E-state index in [-0.39, 0.29) is 31.4 Å². The van der Waals surface area contributed by atoms with E-state index in [1.54, 1.807) is 0 Å². The number of rotatable bonds is 7. The number of hydrogen-bond donors (Lipinski definition) is 2. The normalized spacial score (nSPS) is 19.4. The van der Waals surface area contributed by atoms with Crippen LogP contribution >= 0.6 is 0 Å². The first-order valence-electron chi connectivity index (χ1n) is 7.50. The lowest BCUT2D eigenvalue weighted by Crippen LogP contribution is -2.42. The van der Waals surface area contributed by atoms with Crippen molar-refractivity contribution in [3.05, 3.63) is 28.3 Å². The summed E-state index contributed by atoms with van der Waals surface area (Å²) in [6, 6.07) is 4.21. The minimum atomic E-state index is -0.757. The van der Waals surface area contributed by atoms with Crippen LogP contribution < -0.4 is 15.2 Å². The topological polar surface area (TPSA) is 117 Å². The molecule has 0 fully saturated rings. The summed E-state index contributed by atoms with van der Waals surface area (Å²) in [5, 5.41) is 20.7. The lowest BCUT2D eigenvalue weighted by Gasteiger charge is -2.30. The summed E-state index contributed by atoms with van der Waals surface area (Å²) < 4.78 is 17.0. The first-order chi connectivity index (χ1) is 10.9. The van der Waals surface area contributed by atoms with Crippen LogP contribution in [-0.2, 0) is 4.74 Å². The molecule has 2 rings (SSSR count). The quantitative estimate of drug-likeness (QED) is 0.569. The third kappa shape index (κ3) is 4.31. The maximum absolute atomic E-state index is 10.8. The van der Waals surface area contributed by atoms with E-state index in [1.807, 2.05) is 13.8 Å². The van der Waals surface area contributed by atoms with Gasteiger partial charge in [-0.25, -0.2) is 0 Å². The highest BCUT2D eigenvalue weighted by Crippen LogP contribution is 2.35. The van der Waals surface area contributed by atoms with E-state index in [9.17, 15) is 15.2 Å². The number of nitro benzene ring substituents is 1. The molecule has 0 spiro atoms. The molecule has 1 heterocycles. The van der Waals surface area contributed by atoms with Gasteiger partial charge in [0.05, 0.1) is 29.8 Å². The van der Waals surface area contributed by atoms with Crippen LogP contribution in [0.2, 0.25) is 0 Å². The van der Waals surface area contributed by atoms with Gasteiger partial charge in [-0.3, -0.25) is 10.1 Å². The molecule has 0 aliphatic carbocycles. The molecule has 0 saturated carbocycles. The molecule has 8 nitrogen and oxygen atoms in total. The smallest absolute Gasteiger partial charge is 0.273 e. The molecule has 0 aromatic heterocycles. The van der Waals surface area contributed by atoms with Gasteiger partial charge in [-0.1, -0.05) is 13.8 Å². The summed E-state index contributed by atoms with van der Waals surface area (Å²) in [5.74, 6) is 0.875. The lowest BCUT2D eigenvalue weighted by molar-refractivity contribution is -0.385. The number of non-ortho nitro benzene ring substituents is 1. The van der Waals surface area contributed by atoms with Crippen LogP contribution in [0.5, 0.6) is 11.5 Å². The van der Waals surface area contributed by atoms with Crippen molar-refractivity contribution in [2.45, 2.75) is 32.2 Å². The van der Waals surface area contributed by atoms with E-state index in [1.165, 1.54) is 18.2 Å². The van der Waals surface area contributed by atoms with Crippen LogP contribution in [0.1, 0.15) is 13.8 Å². The van der Waals surface area contributed by atoms with Crippen molar-refractivity contribution in [1.29, 1.82) is 0 Å². The van der Waals surface area contributed by atoms with Gasteiger partial charge in [0.2, 0.25) is 0 Å². The van der Waals surface area contributed by atoms with Gasteiger partial charge in [0.25, 0.3) is 5.69 Å². The molecular weight excluding hydrogens is 304 g/mol. The Morgan fingerprint density at radius 2 is 2.22 bits per heavy atom. The van der Waals surface area contributed by atoms with Crippen LogP contribution in [-0.4, -0.2) is 48.1 Å². The fourth-order valence-electron chi connectivity index (χ4n) is 2.40. The SMILES string of the molecule is CC(C)C(OCC1COc2ccc([N+](=O)[O-])cc2O1)C(O)CN. The zero-order valence-electron chi connectivity index (χ0n) is 13.2. The second-order valence-corrected chi connectivity index (χ2v) is 5.78. The van der Waals surface area contributed by atoms with Crippen LogP contribution in [0.4, 0.5) is 5.69 Å². The number of nitro groups is 1. The number of nitrogens with zero attached hydrogens (tertiary/aromatic N) is 1. The standard InChI is InChI=1S/C15H22N2O6/c1-9(2)15(12(18)6-16)22-8-11-7-21-13-4-3-10(17(19)20)5-14(13)23-11/h3-5,9,11-12,15,18H,6-8,16H2,1-2H3. The van der Waals surface area contributed by atoms with Crippen molar-refractivity contribution in [3.63, 3.8) is 0 Å². The molecule has 3 unspecified atom stereocenters.